The van der Waals surface area contributed by atoms with Crippen molar-refractivity contribution in [1.82, 2.24) is 0 Å². The molecule has 7 heteroatoms. The molecule has 1 fully saturated rings. The highest BCUT2D eigenvalue weighted by atomic mass is 19.4. The van der Waals surface area contributed by atoms with Crippen molar-refractivity contribution < 1.29 is 22.8 Å². The number of hydrogen-bond donors (Lipinski definition) is 0. The summed E-state index contributed by atoms with van der Waals surface area (Å²) in [4.78, 5) is 31.0. The molecule has 2 aromatic carbocycles. The summed E-state index contributed by atoms with van der Waals surface area (Å²) >= 11 is 0. The highest BCUT2D eigenvalue weighted by molar-refractivity contribution is 6.33. The van der Waals surface area contributed by atoms with Crippen molar-refractivity contribution in [3.8, 4) is 0 Å². The number of aliphatic imine (C=N–C) groups is 1. The Morgan fingerprint density at radius 1 is 1.00 bits per heavy atom. The maximum atomic E-state index is 12.8. The van der Waals surface area contributed by atoms with E-state index in [4.69, 9.17) is 0 Å². The maximum Gasteiger partial charge on any atom is 0.416 e. The van der Waals surface area contributed by atoms with E-state index < -0.39 is 29.6 Å². The van der Waals surface area contributed by atoms with Crippen molar-refractivity contribution in [2.75, 3.05) is 4.90 Å². The average Bonchev–Trinajstić information content (AvgIpc) is 2.77. The van der Waals surface area contributed by atoms with Crippen molar-refractivity contribution in [2.24, 2.45) is 4.99 Å². The van der Waals surface area contributed by atoms with Crippen LogP contribution in [0.3, 0.4) is 0 Å². The molecule has 2 aliphatic rings. The standard InChI is InChI=1S/C20H13F3N2O2/c1-11-15-5-3-2-4-12(15)10-16-17(24-11)19(27)25(18(16)26)14-8-6-13(7-9-14)20(21,22)23/h2-10,17H,1H3. The highest BCUT2D eigenvalue weighted by Crippen LogP contribution is 2.35. The second-order valence-corrected chi connectivity index (χ2v) is 6.33. The zero-order chi connectivity index (χ0) is 19.3. The van der Waals surface area contributed by atoms with Crippen LogP contribution in [0.4, 0.5) is 18.9 Å². The van der Waals surface area contributed by atoms with E-state index in [1.54, 1.807) is 13.0 Å². The number of halogens is 3. The average molecular weight is 370 g/mol. The van der Waals surface area contributed by atoms with Gasteiger partial charge in [0.15, 0.2) is 6.04 Å². The topological polar surface area (TPSA) is 49.7 Å². The molecule has 2 heterocycles. The Morgan fingerprint density at radius 2 is 1.67 bits per heavy atom. The molecule has 0 spiro atoms. The third kappa shape index (κ3) is 2.75. The molecule has 0 bridgehead atoms. The quantitative estimate of drug-likeness (QED) is 0.716. The third-order valence-corrected chi connectivity index (χ3v) is 4.64. The van der Waals surface area contributed by atoms with Crippen molar-refractivity contribution in [3.05, 3.63) is 70.8 Å². The van der Waals surface area contributed by atoms with Gasteiger partial charge in [-0.25, -0.2) is 4.90 Å². The molecule has 1 saturated heterocycles. The van der Waals surface area contributed by atoms with Crippen molar-refractivity contribution >= 4 is 29.3 Å². The third-order valence-electron chi connectivity index (χ3n) is 4.64. The van der Waals surface area contributed by atoms with Gasteiger partial charge in [0.2, 0.25) is 0 Å². The predicted octanol–water partition coefficient (Wildman–Crippen LogP) is 3.85. The van der Waals surface area contributed by atoms with E-state index in [1.807, 2.05) is 24.3 Å². The second kappa shape index (κ2) is 5.90. The van der Waals surface area contributed by atoms with Gasteiger partial charge in [0.05, 0.1) is 16.8 Å². The first-order chi connectivity index (χ1) is 12.8. The molecule has 1 atom stereocenters. The summed E-state index contributed by atoms with van der Waals surface area (Å²) in [5, 5.41) is 0. The van der Waals surface area contributed by atoms with Crippen molar-refractivity contribution in [2.45, 2.75) is 19.1 Å². The molecule has 2 amide bonds. The van der Waals surface area contributed by atoms with Gasteiger partial charge in [-0.05, 0) is 42.8 Å². The molecule has 0 saturated carbocycles. The zero-order valence-electron chi connectivity index (χ0n) is 14.1. The van der Waals surface area contributed by atoms with Crippen molar-refractivity contribution in [1.29, 1.82) is 0 Å². The predicted molar refractivity (Wildman–Crippen MR) is 94.4 cm³/mol. The lowest BCUT2D eigenvalue weighted by Crippen LogP contribution is -2.31. The smallest absolute Gasteiger partial charge is 0.271 e. The summed E-state index contributed by atoms with van der Waals surface area (Å²) in [6, 6.07) is 10.3. The highest BCUT2D eigenvalue weighted by Gasteiger charge is 2.45. The number of carbonyl (C=O) groups excluding carboxylic acids is 2. The lowest BCUT2D eigenvalue weighted by Gasteiger charge is -2.15. The number of alkyl halides is 3. The Morgan fingerprint density at radius 3 is 2.33 bits per heavy atom. The first kappa shape index (κ1) is 17.2. The summed E-state index contributed by atoms with van der Waals surface area (Å²) in [6.07, 6.45) is -2.86. The summed E-state index contributed by atoms with van der Waals surface area (Å²) in [7, 11) is 0. The summed E-state index contributed by atoms with van der Waals surface area (Å²) in [5.74, 6) is -1.14. The molecule has 4 rings (SSSR count). The van der Waals surface area contributed by atoms with Gasteiger partial charge in [-0.15, -0.1) is 0 Å². The molecule has 2 aromatic rings. The minimum atomic E-state index is -4.49. The molecular formula is C20H13F3N2O2. The fourth-order valence-electron chi connectivity index (χ4n) is 3.29. The maximum absolute atomic E-state index is 12.8. The van der Waals surface area contributed by atoms with Crippen LogP contribution in [0.5, 0.6) is 0 Å². The van der Waals surface area contributed by atoms with Gasteiger partial charge in [0, 0.05) is 11.3 Å². The van der Waals surface area contributed by atoms with Crippen LogP contribution in [0, 0.1) is 0 Å². The fourth-order valence-corrected chi connectivity index (χ4v) is 3.29. The summed E-state index contributed by atoms with van der Waals surface area (Å²) < 4.78 is 38.2. The number of amides is 2. The Hall–Kier alpha value is -3.22. The van der Waals surface area contributed by atoms with Crippen LogP contribution >= 0.6 is 0 Å². The molecular weight excluding hydrogens is 357 g/mol. The fraction of sp³-hybridized carbons (Fsp3) is 0.150. The number of hydrogen-bond acceptors (Lipinski definition) is 3. The number of carbonyl (C=O) groups is 2. The van der Waals surface area contributed by atoms with Gasteiger partial charge in [-0.1, -0.05) is 24.3 Å². The van der Waals surface area contributed by atoms with E-state index >= 15 is 0 Å². The van der Waals surface area contributed by atoms with Crippen LogP contribution in [0.25, 0.3) is 6.08 Å². The number of benzene rings is 2. The molecule has 0 aromatic heterocycles. The SMILES string of the molecule is CC1=NC2C(=O)N(c3ccc(C(F)(F)F)cc3)C(=O)C2=Cc2ccccc21. The van der Waals surface area contributed by atoms with E-state index in [9.17, 15) is 22.8 Å². The molecule has 1 unspecified atom stereocenters. The zero-order valence-corrected chi connectivity index (χ0v) is 14.1. The van der Waals surface area contributed by atoms with E-state index in [0.717, 1.165) is 40.3 Å². The van der Waals surface area contributed by atoms with Crippen LogP contribution in [0.15, 0.2) is 59.1 Å². The minimum absolute atomic E-state index is 0.0908. The molecule has 0 radical (unpaired) electrons. The Kier molecular flexibility index (Phi) is 3.76. The van der Waals surface area contributed by atoms with Gasteiger partial charge in [0.1, 0.15) is 0 Å². The summed E-state index contributed by atoms with van der Waals surface area (Å²) in [5.41, 5.74) is 1.68. The van der Waals surface area contributed by atoms with Crippen molar-refractivity contribution in [3.63, 3.8) is 0 Å². The number of rotatable bonds is 1. The largest absolute Gasteiger partial charge is 0.416 e. The summed E-state index contributed by atoms with van der Waals surface area (Å²) in [6.45, 7) is 1.76. The lowest BCUT2D eigenvalue weighted by atomic mass is 10.0. The molecule has 4 nitrogen and oxygen atoms in total. The molecule has 27 heavy (non-hydrogen) atoms. The van der Waals surface area contributed by atoms with Gasteiger partial charge < -0.3 is 0 Å². The molecule has 136 valence electrons. The van der Waals surface area contributed by atoms with Crippen LogP contribution in [-0.4, -0.2) is 23.6 Å². The molecule has 2 aliphatic heterocycles. The minimum Gasteiger partial charge on any atom is -0.271 e. The van der Waals surface area contributed by atoms with E-state index in [0.29, 0.717) is 5.71 Å². The lowest BCUT2D eigenvalue weighted by molar-refractivity contribution is -0.137. The van der Waals surface area contributed by atoms with E-state index in [1.165, 1.54) is 0 Å². The number of nitrogens with zero attached hydrogens (tertiary/aromatic N) is 2. The Bertz CT molecular complexity index is 1020. The van der Waals surface area contributed by atoms with Crippen LogP contribution in [-0.2, 0) is 15.8 Å². The molecule has 0 N–H and O–H groups in total. The van der Waals surface area contributed by atoms with Gasteiger partial charge in [0.25, 0.3) is 11.8 Å². The van der Waals surface area contributed by atoms with Crippen LogP contribution in [0.1, 0.15) is 23.6 Å². The van der Waals surface area contributed by atoms with Crippen LogP contribution in [0.2, 0.25) is 0 Å². The monoisotopic (exact) mass is 370 g/mol. The van der Waals surface area contributed by atoms with Gasteiger partial charge >= 0.3 is 6.18 Å². The Labute approximate surface area is 152 Å². The normalized spacial score (nSPS) is 19.3. The van der Waals surface area contributed by atoms with E-state index in [2.05, 4.69) is 4.99 Å². The van der Waals surface area contributed by atoms with Crippen LogP contribution < -0.4 is 4.90 Å². The second-order valence-electron chi connectivity index (χ2n) is 6.33. The first-order valence-corrected chi connectivity index (χ1v) is 8.18. The van der Waals surface area contributed by atoms with Gasteiger partial charge in [-0.3, -0.25) is 14.6 Å². The first-order valence-electron chi connectivity index (χ1n) is 8.18. The van der Waals surface area contributed by atoms with Gasteiger partial charge in [-0.2, -0.15) is 13.2 Å². The number of anilines is 1. The molecule has 0 aliphatic carbocycles. The number of fused-ring (bicyclic) bond motifs is 2. The Balaban J connectivity index is 1.77. The van der Waals surface area contributed by atoms with E-state index in [-0.39, 0.29) is 11.3 Å². The number of imide groups is 1.